The van der Waals surface area contributed by atoms with Gasteiger partial charge in [-0.25, -0.2) is 4.68 Å². The summed E-state index contributed by atoms with van der Waals surface area (Å²) in [6.07, 6.45) is 0.421. The predicted molar refractivity (Wildman–Crippen MR) is 69.3 cm³/mol. The van der Waals surface area contributed by atoms with Crippen LogP contribution in [-0.4, -0.2) is 32.3 Å². The Hall–Kier alpha value is -2.12. The van der Waals surface area contributed by atoms with E-state index in [1.165, 1.54) is 4.68 Å². The van der Waals surface area contributed by atoms with Gasteiger partial charge in [0, 0.05) is 25.9 Å². The van der Waals surface area contributed by atoms with Gasteiger partial charge < -0.3 is 10.4 Å². The summed E-state index contributed by atoms with van der Waals surface area (Å²) in [5, 5.41) is 26.7. The number of hydrogen-bond donors (Lipinski definition) is 2. The lowest BCUT2D eigenvalue weighted by Crippen LogP contribution is -2.09. The molecule has 0 unspecified atom stereocenters. The molecule has 0 atom stereocenters. The van der Waals surface area contributed by atoms with Crippen molar-refractivity contribution in [3.05, 3.63) is 15.8 Å². The van der Waals surface area contributed by atoms with Crippen LogP contribution in [0.5, 0.6) is 0 Å². The predicted octanol–water partition coefficient (Wildman–Crippen LogP) is 1.73. The third kappa shape index (κ3) is 3.67. The molecule has 106 valence electrons. The minimum Gasteiger partial charge on any atom is -0.481 e. The van der Waals surface area contributed by atoms with Gasteiger partial charge in [0.05, 0.1) is 4.92 Å². The Labute approximate surface area is 110 Å². The second-order valence-electron chi connectivity index (χ2n) is 4.54. The molecule has 0 aliphatic heterocycles. The number of nitrogens with zero attached hydrogens (tertiary/aromatic N) is 3. The molecular weight excluding hydrogens is 252 g/mol. The van der Waals surface area contributed by atoms with Crippen molar-refractivity contribution in [1.82, 2.24) is 9.78 Å². The maximum Gasteiger partial charge on any atom is 0.334 e. The number of hydrogen-bond acceptors (Lipinski definition) is 5. The van der Waals surface area contributed by atoms with Crippen molar-refractivity contribution in [2.45, 2.75) is 32.6 Å². The first-order valence-electron chi connectivity index (χ1n) is 6.01. The molecule has 2 N–H and O–H groups in total. The third-order valence-corrected chi connectivity index (χ3v) is 2.64. The van der Waals surface area contributed by atoms with E-state index in [1.807, 2.05) is 13.8 Å². The van der Waals surface area contributed by atoms with Crippen LogP contribution in [0.2, 0.25) is 0 Å². The quantitative estimate of drug-likeness (QED) is 0.443. The van der Waals surface area contributed by atoms with Crippen LogP contribution in [0.4, 0.5) is 11.5 Å². The van der Waals surface area contributed by atoms with E-state index in [0.717, 1.165) is 0 Å². The van der Waals surface area contributed by atoms with Gasteiger partial charge in [0.1, 0.15) is 5.69 Å². The number of rotatable bonds is 7. The normalized spacial score (nSPS) is 10.7. The molecule has 0 aliphatic rings. The van der Waals surface area contributed by atoms with E-state index < -0.39 is 10.9 Å². The maximum atomic E-state index is 11.1. The molecule has 0 aliphatic carbocycles. The van der Waals surface area contributed by atoms with Crippen LogP contribution >= 0.6 is 0 Å². The molecule has 0 saturated heterocycles. The maximum absolute atomic E-state index is 11.1. The molecule has 0 spiro atoms. The van der Waals surface area contributed by atoms with E-state index in [1.54, 1.807) is 7.05 Å². The van der Waals surface area contributed by atoms with Crippen LogP contribution in [0.15, 0.2) is 0 Å². The number of carboxylic acid groups (broad SMARTS) is 1. The summed E-state index contributed by atoms with van der Waals surface area (Å²) in [4.78, 5) is 21.1. The fourth-order valence-electron chi connectivity index (χ4n) is 1.75. The number of carbonyl (C=O) groups is 1. The Kier molecular flexibility index (Phi) is 4.85. The summed E-state index contributed by atoms with van der Waals surface area (Å²) in [6, 6.07) is 0. The zero-order valence-electron chi connectivity index (χ0n) is 11.2. The highest BCUT2D eigenvalue weighted by molar-refractivity contribution is 5.66. The molecule has 8 nitrogen and oxygen atoms in total. The van der Waals surface area contributed by atoms with Crippen molar-refractivity contribution in [3.63, 3.8) is 0 Å². The highest BCUT2D eigenvalue weighted by atomic mass is 16.6. The number of anilines is 1. The van der Waals surface area contributed by atoms with E-state index >= 15 is 0 Å². The number of nitro groups is 1. The molecule has 0 bridgehead atoms. The standard InChI is InChI=1S/C11H18N4O4/c1-7(2)9-10(15(18)19)11(14(3)13-9)12-6-4-5-8(16)17/h7,12H,4-6H2,1-3H3,(H,16,17). The van der Waals surface area contributed by atoms with Crippen molar-refractivity contribution >= 4 is 17.5 Å². The molecule has 0 amide bonds. The highest BCUT2D eigenvalue weighted by Gasteiger charge is 2.28. The average molecular weight is 270 g/mol. The van der Waals surface area contributed by atoms with Crippen molar-refractivity contribution < 1.29 is 14.8 Å². The summed E-state index contributed by atoms with van der Waals surface area (Å²) in [7, 11) is 1.62. The van der Waals surface area contributed by atoms with Crippen LogP contribution in [0, 0.1) is 10.1 Å². The Bertz CT molecular complexity index is 481. The topological polar surface area (TPSA) is 110 Å². The summed E-state index contributed by atoms with van der Waals surface area (Å²) < 4.78 is 1.42. The van der Waals surface area contributed by atoms with Gasteiger partial charge in [-0.3, -0.25) is 14.9 Å². The molecule has 0 saturated carbocycles. The van der Waals surface area contributed by atoms with Crippen LogP contribution < -0.4 is 5.32 Å². The average Bonchev–Trinajstić information content (AvgIpc) is 2.62. The van der Waals surface area contributed by atoms with Crippen molar-refractivity contribution in [2.75, 3.05) is 11.9 Å². The molecule has 1 rings (SSSR count). The number of nitrogens with one attached hydrogen (secondary N) is 1. The summed E-state index contributed by atoms with van der Waals surface area (Å²) in [6.45, 7) is 4.03. The molecule has 19 heavy (non-hydrogen) atoms. The van der Waals surface area contributed by atoms with Gasteiger partial charge in [-0.15, -0.1) is 0 Å². The number of aliphatic carboxylic acids is 1. The third-order valence-electron chi connectivity index (χ3n) is 2.64. The first kappa shape index (κ1) is 14.9. The first-order chi connectivity index (χ1) is 8.84. The van der Waals surface area contributed by atoms with Gasteiger partial charge in [0.25, 0.3) is 0 Å². The molecule has 0 fully saturated rings. The molecule has 8 heteroatoms. The van der Waals surface area contributed by atoms with Gasteiger partial charge in [-0.05, 0) is 6.42 Å². The van der Waals surface area contributed by atoms with Crippen LogP contribution in [0.1, 0.15) is 38.3 Å². The second kappa shape index (κ2) is 6.17. The molecule has 1 heterocycles. The van der Waals surface area contributed by atoms with Crippen LogP contribution in [0.3, 0.4) is 0 Å². The Morgan fingerprint density at radius 3 is 2.68 bits per heavy atom. The molecule has 0 radical (unpaired) electrons. The largest absolute Gasteiger partial charge is 0.481 e. The smallest absolute Gasteiger partial charge is 0.334 e. The number of carboxylic acids is 1. The lowest BCUT2D eigenvalue weighted by atomic mass is 10.1. The number of aromatic nitrogens is 2. The minimum atomic E-state index is -0.885. The first-order valence-corrected chi connectivity index (χ1v) is 6.01. The van der Waals surface area contributed by atoms with Gasteiger partial charge in [-0.2, -0.15) is 5.10 Å². The Morgan fingerprint density at radius 2 is 2.21 bits per heavy atom. The SMILES string of the molecule is CC(C)c1nn(C)c(NCCCC(=O)O)c1[N+](=O)[O-]. The van der Waals surface area contributed by atoms with Gasteiger partial charge in [0.2, 0.25) is 5.82 Å². The molecule has 1 aromatic rings. The fourth-order valence-corrected chi connectivity index (χ4v) is 1.75. The molecule has 0 aromatic carbocycles. The van der Waals surface area contributed by atoms with E-state index in [0.29, 0.717) is 24.5 Å². The molecule has 1 aromatic heterocycles. The fraction of sp³-hybridized carbons (Fsp3) is 0.636. The van der Waals surface area contributed by atoms with Gasteiger partial charge >= 0.3 is 11.7 Å². The summed E-state index contributed by atoms with van der Waals surface area (Å²) in [5.41, 5.74) is 0.390. The van der Waals surface area contributed by atoms with E-state index in [9.17, 15) is 14.9 Å². The van der Waals surface area contributed by atoms with E-state index in [2.05, 4.69) is 10.4 Å². The molecular formula is C11H18N4O4. The van der Waals surface area contributed by atoms with Crippen molar-refractivity contribution in [1.29, 1.82) is 0 Å². The van der Waals surface area contributed by atoms with Crippen molar-refractivity contribution in [3.8, 4) is 0 Å². The highest BCUT2D eigenvalue weighted by Crippen LogP contribution is 2.32. The van der Waals surface area contributed by atoms with Crippen LogP contribution in [0.25, 0.3) is 0 Å². The van der Waals surface area contributed by atoms with Gasteiger partial charge in [-0.1, -0.05) is 13.8 Å². The van der Waals surface area contributed by atoms with E-state index in [4.69, 9.17) is 5.11 Å². The number of aryl methyl sites for hydroxylation is 1. The zero-order valence-corrected chi connectivity index (χ0v) is 11.2. The van der Waals surface area contributed by atoms with Gasteiger partial charge in [0.15, 0.2) is 0 Å². The summed E-state index contributed by atoms with van der Waals surface area (Å²) in [5.74, 6) is -0.621. The Balaban J connectivity index is 2.87. The van der Waals surface area contributed by atoms with E-state index in [-0.39, 0.29) is 18.0 Å². The minimum absolute atomic E-state index is 0.0235. The summed E-state index contributed by atoms with van der Waals surface area (Å²) >= 11 is 0. The monoisotopic (exact) mass is 270 g/mol. The van der Waals surface area contributed by atoms with Crippen LogP contribution in [-0.2, 0) is 11.8 Å². The lowest BCUT2D eigenvalue weighted by molar-refractivity contribution is -0.384. The zero-order chi connectivity index (χ0) is 14.6. The Morgan fingerprint density at radius 1 is 1.58 bits per heavy atom. The second-order valence-corrected chi connectivity index (χ2v) is 4.54. The lowest BCUT2D eigenvalue weighted by Gasteiger charge is -2.04. The van der Waals surface area contributed by atoms with Crippen molar-refractivity contribution in [2.24, 2.45) is 7.05 Å².